The van der Waals surface area contributed by atoms with E-state index in [1.807, 2.05) is 0 Å². The standard InChI is InChI=1S/C21H25F2N5O5S/c1-20(21-11-33-15(9-22)17(21)34(30,31)28(2)19(24)27-21)8-12(4-7-16(20)23)26-18(29)14-6-5-13(32-3)10-25-14/h4-7,10,15,17H,8-9,11H2,1-3H3,(H2,24,27)(H,26,29)/t15-,17-,20?,21+/m1/s1. The average molecular weight is 498 g/mol. The Bertz CT molecular complexity index is 1200. The summed E-state index contributed by atoms with van der Waals surface area (Å²) in [5, 5.41) is 1.17. The van der Waals surface area contributed by atoms with Crippen molar-refractivity contribution in [2.75, 3.05) is 27.4 Å². The lowest BCUT2D eigenvalue weighted by Gasteiger charge is -2.49. The molecule has 0 aromatic carbocycles. The van der Waals surface area contributed by atoms with E-state index < -0.39 is 50.7 Å². The van der Waals surface area contributed by atoms with Crippen molar-refractivity contribution in [3.63, 3.8) is 0 Å². The molecule has 4 atom stereocenters. The van der Waals surface area contributed by atoms with Gasteiger partial charge in [0, 0.05) is 19.2 Å². The number of amides is 1. The number of hydrogen-bond acceptors (Lipinski definition) is 8. The van der Waals surface area contributed by atoms with Gasteiger partial charge in [-0.15, -0.1) is 0 Å². The summed E-state index contributed by atoms with van der Waals surface area (Å²) in [5.74, 6) is -1.11. The zero-order valence-corrected chi connectivity index (χ0v) is 19.6. The number of fused-ring (bicyclic) bond motifs is 1. The number of sulfonamides is 1. The Balaban J connectivity index is 1.70. The number of ether oxygens (including phenoxy) is 2. The van der Waals surface area contributed by atoms with E-state index in [1.165, 1.54) is 39.4 Å². The van der Waals surface area contributed by atoms with Crippen LogP contribution in [0.15, 0.2) is 47.0 Å². The van der Waals surface area contributed by atoms with E-state index in [9.17, 15) is 17.6 Å². The summed E-state index contributed by atoms with van der Waals surface area (Å²) >= 11 is 0. The Labute approximate surface area is 195 Å². The number of methoxy groups -OCH3 is 1. The average Bonchev–Trinajstić information content (AvgIpc) is 3.21. The topological polar surface area (TPSA) is 136 Å². The number of rotatable bonds is 5. The van der Waals surface area contributed by atoms with E-state index in [-0.39, 0.29) is 24.7 Å². The highest BCUT2D eigenvalue weighted by Crippen LogP contribution is 2.56. The lowest BCUT2D eigenvalue weighted by molar-refractivity contribution is 0.0697. The number of aliphatic imine (C=N–C) groups is 1. The van der Waals surface area contributed by atoms with Crippen molar-refractivity contribution in [3.05, 3.63) is 47.7 Å². The number of nitrogens with two attached hydrogens (primary N) is 1. The fraction of sp³-hybridized carbons (Fsp3) is 0.476. The number of carbonyl (C=O) groups excluding carboxylic acids is 1. The minimum atomic E-state index is -4.22. The number of aromatic nitrogens is 1. The molecule has 1 aromatic rings. The molecule has 13 heteroatoms. The van der Waals surface area contributed by atoms with E-state index in [1.54, 1.807) is 6.07 Å². The Kier molecular flexibility index (Phi) is 5.88. The first kappa shape index (κ1) is 24.1. The number of allylic oxidation sites excluding steroid dienone is 3. The van der Waals surface area contributed by atoms with Gasteiger partial charge in [0.05, 0.1) is 25.3 Å². The number of pyridine rings is 1. The highest BCUT2D eigenvalue weighted by molar-refractivity contribution is 7.90. The van der Waals surface area contributed by atoms with E-state index in [4.69, 9.17) is 15.2 Å². The van der Waals surface area contributed by atoms with Gasteiger partial charge in [-0.1, -0.05) is 6.92 Å². The molecule has 0 spiro atoms. The van der Waals surface area contributed by atoms with Crippen LogP contribution in [0, 0.1) is 5.41 Å². The molecule has 184 valence electrons. The van der Waals surface area contributed by atoms with Crippen molar-refractivity contribution in [3.8, 4) is 5.75 Å². The van der Waals surface area contributed by atoms with Gasteiger partial charge in [0.1, 0.15) is 40.8 Å². The van der Waals surface area contributed by atoms with E-state index in [0.717, 1.165) is 10.4 Å². The van der Waals surface area contributed by atoms with E-state index in [2.05, 4.69) is 15.3 Å². The quantitative estimate of drug-likeness (QED) is 0.620. The lowest BCUT2D eigenvalue weighted by atomic mass is 9.64. The van der Waals surface area contributed by atoms with Crippen molar-refractivity contribution in [1.29, 1.82) is 0 Å². The van der Waals surface area contributed by atoms with Crippen LogP contribution in [-0.4, -0.2) is 73.9 Å². The molecule has 1 fully saturated rings. The predicted molar refractivity (Wildman–Crippen MR) is 119 cm³/mol. The molecule has 34 heavy (non-hydrogen) atoms. The third kappa shape index (κ3) is 3.45. The van der Waals surface area contributed by atoms with Gasteiger partial charge in [-0.3, -0.25) is 4.79 Å². The largest absolute Gasteiger partial charge is 0.495 e. The molecule has 1 aliphatic carbocycles. The third-order valence-electron chi connectivity index (χ3n) is 6.75. The molecule has 2 aliphatic heterocycles. The van der Waals surface area contributed by atoms with Gasteiger partial charge in [0.25, 0.3) is 5.91 Å². The smallest absolute Gasteiger partial charge is 0.274 e. The fourth-order valence-electron chi connectivity index (χ4n) is 4.72. The molecule has 0 bridgehead atoms. The minimum absolute atomic E-state index is 0.0975. The van der Waals surface area contributed by atoms with Gasteiger partial charge in [0.2, 0.25) is 16.0 Å². The summed E-state index contributed by atoms with van der Waals surface area (Å²) in [6.07, 6.45) is 2.40. The van der Waals surface area contributed by atoms with Crippen molar-refractivity contribution in [1.82, 2.24) is 14.6 Å². The SMILES string of the molecule is COc1ccc(C(=O)NC2=CC=C(F)C(C)([C@]34CO[C@H](CF)[C@H]3S(=O)(=O)N(C)C(N)=N4)C2)nc1. The van der Waals surface area contributed by atoms with E-state index in [0.29, 0.717) is 11.4 Å². The second-order valence-electron chi connectivity index (χ2n) is 8.58. The predicted octanol–water partition coefficient (Wildman–Crippen LogP) is 1.03. The second-order valence-corrected chi connectivity index (χ2v) is 10.7. The maximum Gasteiger partial charge on any atom is 0.274 e. The lowest BCUT2D eigenvalue weighted by Crippen LogP contribution is -2.66. The monoisotopic (exact) mass is 497 g/mol. The Morgan fingerprint density at radius 3 is 2.76 bits per heavy atom. The van der Waals surface area contributed by atoms with Crippen LogP contribution in [0.3, 0.4) is 0 Å². The van der Waals surface area contributed by atoms with Crippen LogP contribution >= 0.6 is 0 Å². The zero-order chi connectivity index (χ0) is 24.9. The molecule has 0 radical (unpaired) electrons. The van der Waals surface area contributed by atoms with Gasteiger partial charge in [-0.25, -0.2) is 31.5 Å². The first-order valence-corrected chi connectivity index (χ1v) is 11.9. The third-order valence-corrected chi connectivity index (χ3v) is 9.04. The second kappa shape index (κ2) is 8.31. The first-order valence-electron chi connectivity index (χ1n) is 10.4. The summed E-state index contributed by atoms with van der Waals surface area (Å²) < 4.78 is 67.1. The van der Waals surface area contributed by atoms with Crippen LogP contribution in [0.4, 0.5) is 8.78 Å². The number of hydrogen-bond donors (Lipinski definition) is 2. The number of nitrogens with zero attached hydrogens (tertiary/aromatic N) is 3. The van der Waals surface area contributed by atoms with Crippen molar-refractivity contribution in [2.24, 2.45) is 16.1 Å². The van der Waals surface area contributed by atoms with Crippen LogP contribution in [0.5, 0.6) is 5.75 Å². The van der Waals surface area contributed by atoms with E-state index >= 15 is 4.39 Å². The highest BCUT2D eigenvalue weighted by Gasteiger charge is 2.69. The number of nitrogens with one attached hydrogen (secondary N) is 1. The molecule has 1 aromatic heterocycles. The first-order chi connectivity index (χ1) is 16.0. The number of guanidine groups is 1. The molecule has 1 unspecified atom stereocenters. The van der Waals surface area contributed by atoms with Crippen molar-refractivity contribution in [2.45, 2.75) is 30.2 Å². The van der Waals surface area contributed by atoms with Crippen LogP contribution in [-0.2, 0) is 14.8 Å². The van der Waals surface area contributed by atoms with Crippen molar-refractivity contribution >= 4 is 21.9 Å². The number of alkyl halides is 1. The molecule has 0 saturated carbocycles. The molecule has 1 saturated heterocycles. The number of halogens is 2. The Morgan fingerprint density at radius 2 is 2.15 bits per heavy atom. The Morgan fingerprint density at radius 1 is 1.41 bits per heavy atom. The fourth-order valence-corrected chi connectivity index (χ4v) is 6.77. The molecule has 10 nitrogen and oxygen atoms in total. The maximum absolute atomic E-state index is 15.5. The van der Waals surface area contributed by atoms with Gasteiger partial charge < -0.3 is 20.5 Å². The van der Waals surface area contributed by atoms with Crippen LogP contribution in [0.25, 0.3) is 0 Å². The van der Waals surface area contributed by atoms with Crippen LogP contribution in [0.1, 0.15) is 23.8 Å². The zero-order valence-electron chi connectivity index (χ0n) is 18.8. The van der Waals surface area contributed by atoms with Crippen molar-refractivity contribution < 1.29 is 31.5 Å². The van der Waals surface area contributed by atoms with Crippen LogP contribution in [0.2, 0.25) is 0 Å². The summed E-state index contributed by atoms with van der Waals surface area (Å²) in [5.41, 5.74) is 2.95. The summed E-state index contributed by atoms with van der Waals surface area (Å²) in [4.78, 5) is 21.1. The molecule has 3 aliphatic rings. The van der Waals surface area contributed by atoms with Crippen LogP contribution < -0.4 is 15.8 Å². The molecule has 3 N–H and O–H groups in total. The van der Waals surface area contributed by atoms with Gasteiger partial charge in [-0.05, 0) is 24.3 Å². The highest BCUT2D eigenvalue weighted by atomic mass is 32.2. The van der Waals surface area contributed by atoms with Gasteiger partial charge in [-0.2, -0.15) is 0 Å². The maximum atomic E-state index is 15.5. The number of carbonyl (C=O) groups is 1. The summed E-state index contributed by atoms with van der Waals surface area (Å²) in [7, 11) is -1.55. The minimum Gasteiger partial charge on any atom is -0.495 e. The van der Waals surface area contributed by atoms with Gasteiger partial charge in [0.15, 0.2) is 0 Å². The van der Waals surface area contributed by atoms with Gasteiger partial charge >= 0.3 is 0 Å². The summed E-state index contributed by atoms with van der Waals surface area (Å²) in [6.45, 7) is 0.0101. The molecule has 3 heterocycles. The molecular formula is C21H25F2N5O5S. The summed E-state index contributed by atoms with van der Waals surface area (Å²) in [6, 6.07) is 3.03. The Hall–Kier alpha value is -3.06. The normalized spacial score (nSPS) is 32.3. The molecular weight excluding hydrogens is 472 g/mol. The molecule has 1 amide bonds. The molecule has 4 rings (SSSR count).